The van der Waals surface area contributed by atoms with Crippen LogP contribution in [0, 0.1) is 0 Å². The van der Waals surface area contributed by atoms with Gasteiger partial charge < -0.3 is 20.1 Å². The molecule has 22 heavy (non-hydrogen) atoms. The minimum atomic E-state index is -0.459. The molecule has 1 aromatic carbocycles. The third kappa shape index (κ3) is 3.59. The van der Waals surface area contributed by atoms with Crippen LogP contribution in [0.2, 0.25) is 0 Å². The summed E-state index contributed by atoms with van der Waals surface area (Å²) in [4.78, 5) is 12.1. The number of amides is 2. The Labute approximate surface area is 131 Å². The molecule has 5 nitrogen and oxygen atoms in total. The fourth-order valence-corrected chi connectivity index (χ4v) is 3.26. The molecule has 1 heterocycles. The van der Waals surface area contributed by atoms with Crippen LogP contribution in [0.1, 0.15) is 38.2 Å². The lowest BCUT2D eigenvalue weighted by Gasteiger charge is -2.36. The van der Waals surface area contributed by atoms with Gasteiger partial charge in [0.05, 0.1) is 13.2 Å². The van der Waals surface area contributed by atoms with Crippen LogP contribution in [-0.2, 0) is 15.9 Å². The molecular formula is C17H24N2O3. The molecule has 2 aliphatic rings. The van der Waals surface area contributed by atoms with Gasteiger partial charge in [0.15, 0.2) is 5.79 Å². The molecule has 5 heteroatoms. The van der Waals surface area contributed by atoms with Crippen LogP contribution < -0.4 is 10.6 Å². The van der Waals surface area contributed by atoms with Crippen molar-refractivity contribution in [3.05, 3.63) is 29.8 Å². The maximum absolute atomic E-state index is 12.1. The standard InChI is InChI=1S/C17H24N2O3/c1-2-13-5-7-14(8-6-13)18-16(20)19-15-4-3-9-17(12-15)21-10-11-22-17/h5-8,15H,2-4,9-12H2,1H3,(H2,18,19,20)/t15-/m0/s1. The molecule has 1 atom stereocenters. The van der Waals surface area contributed by atoms with Gasteiger partial charge in [0.25, 0.3) is 0 Å². The topological polar surface area (TPSA) is 59.6 Å². The van der Waals surface area contributed by atoms with Crippen molar-refractivity contribution in [3.8, 4) is 0 Å². The Bertz CT molecular complexity index is 509. The van der Waals surface area contributed by atoms with E-state index in [9.17, 15) is 4.79 Å². The average Bonchev–Trinajstić information content (AvgIpc) is 2.95. The minimum absolute atomic E-state index is 0.0989. The highest BCUT2D eigenvalue weighted by molar-refractivity contribution is 5.89. The van der Waals surface area contributed by atoms with E-state index in [1.54, 1.807) is 0 Å². The number of aryl methyl sites for hydroxylation is 1. The van der Waals surface area contributed by atoms with Crippen molar-refractivity contribution in [3.63, 3.8) is 0 Å². The highest BCUT2D eigenvalue weighted by Gasteiger charge is 2.41. The molecule has 1 aromatic rings. The first kappa shape index (κ1) is 15.3. The first-order valence-corrected chi connectivity index (χ1v) is 8.13. The Kier molecular flexibility index (Phi) is 4.64. The van der Waals surface area contributed by atoms with Gasteiger partial charge >= 0.3 is 6.03 Å². The highest BCUT2D eigenvalue weighted by Crippen LogP contribution is 2.35. The molecule has 0 unspecified atom stereocenters. The van der Waals surface area contributed by atoms with Crippen LogP contribution in [0.15, 0.2) is 24.3 Å². The molecular weight excluding hydrogens is 280 g/mol. The number of hydrogen-bond acceptors (Lipinski definition) is 3. The molecule has 120 valence electrons. The summed E-state index contributed by atoms with van der Waals surface area (Å²) in [5.74, 6) is -0.459. The molecule has 1 saturated carbocycles. The van der Waals surface area contributed by atoms with E-state index in [-0.39, 0.29) is 12.1 Å². The van der Waals surface area contributed by atoms with Crippen molar-refractivity contribution in [1.29, 1.82) is 0 Å². The lowest BCUT2D eigenvalue weighted by molar-refractivity contribution is -0.180. The number of ether oxygens (including phenoxy) is 2. The van der Waals surface area contributed by atoms with Gasteiger partial charge in [0.2, 0.25) is 0 Å². The van der Waals surface area contributed by atoms with Gasteiger partial charge in [-0.15, -0.1) is 0 Å². The van der Waals surface area contributed by atoms with Gasteiger partial charge in [0.1, 0.15) is 0 Å². The summed E-state index contributed by atoms with van der Waals surface area (Å²) in [7, 11) is 0. The second-order valence-corrected chi connectivity index (χ2v) is 6.05. The molecule has 1 saturated heterocycles. The predicted octanol–water partition coefficient (Wildman–Crippen LogP) is 3.06. The Morgan fingerprint density at radius 3 is 2.68 bits per heavy atom. The highest BCUT2D eigenvalue weighted by atomic mass is 16.7. The monoisotopic (exact) mass is 304 g/mol. The van der Waals surface area contributed by atoms with E-state index in [0.717, 1.165) is 37.8 Å². The van der Waals surface area contributed by atoms with E-state index in [1.807, 2.05) is 24.3 Å². The normalized spacial score (nSPS) is 23.4. The van der Waals surface area contributed by atoms with Crippen molar-refractivity contribution in [1.82, 2.24) is 5.32 Å². The van der Waals surface area contributed by atoms with Crippen LogP contribution in [0.5, 0.6) is 0 Å². The molecule has 0 radical (unpaired) electrons. The largest absolute Gasteiger partial charge is 0.347 e. The number of carbonyl (C=O) groups is 1. The first-order chi connectivity index (χ1) is 10.7. The van der Waals surface area contributed by atoms with Crippen LogP contribution in [-0.4, -0.2) is 31.1 Å². The fourth-order valence-electron chi connectivity index (χ4n) is 3.26. The van der Waals surface area contributed by atoms with E-state index >= 15 is 0 Å². The first-order valence-electron chi connectivity index (χ1n) is 8.13. The zero-order valence-corrected chi connectivity index (χ0v) is 13.1. The van der Waals surface area contributed by atoms with Gasteiger partial charge in [-0.25, -0.2) is 4.79 Å². The Hall–Kier alpha value is -1.59. The second kappa shape index (κ2) is 6.67. The Morgan fingerprint density at radius 1 is 1.27 bits per heavy atom. The Morgan fingerprint density at radius 2 is 2.00 bits per heavy atom. The quantitative estimate of drug-likeness (QED) is 0.902. The average molecular weight is 304 g/mol. The van der Waals surface area contributed by atoms with Crippen molar-refractivity contribution in [2.45, 2.75) is 50.9 Å². The number of nitrogens with one attached hydrogen (secondary N) is 2. The van der Waals surface area contributed by atoms with Crippen molar-refractivity contribution >= 4 is 11.7 Å². The van der Waals surface area contributed by atoms with Gasteiger partial charge in [-0.3, -0.25) is 0 Å². The Balaban J connectivity index is 1.52. The van der Waals surface area contributed by atoms with Crippen LogP contribution in [0.4, 0.5) is 10.5 Å². The van der Waals surface area contributed by atoms with Crippen LogP contribution >= 0.6 is 0 Å². The summed E-state index contributed by atoms with van der Waals surface area (Å²) < 4.78 is 11.5. The van der Waals surface area contributed by atoms with Crippen molar-refractivity contribution < 1.29 is 14.3 Å². The molecule has 3 rings (SSSR count). The maximum atomic E-state index is 12.1. The summed E-state index contributed by atoms with van der Waals surface area (Å²) in [5.41, 5.74) is 2.07. The summed E-state index contributed by atoms with van der Waals surface area (Å²) in [6.07, 6.45) is 4.63. The molecule has 2 amide bonds. The molecule has 2 N–H and O–H groups in total. The summed E-state index contributed by atoms with van der Waals surface area (Å²) in [6, 6.07) is 7.87. The number of anilines is 1. The molecule has 2 fully saturated rings. The zero-order chi connectivity index (χ0) is 15.4. The number of benzene rings is 1. The van der Waals surface area contributed by atoms with E-state index in [2.05, 4.69) is 17.6 Å². The maximum Gasteiger partial charge on any atom is 0.319 e. The van der Waals surface area contributed by atoms with Gasteiger partial charge in [0, 0.05) is 24.6 Å². The third-order valence-corrected chi connectivity index (χ3v) is 4.44. The molecule has 1 spiro atoms. The second-order valence-electron chi connectivity index (χ2n) is 6.05. The molecule has 1 aliphatic heterocycles. The smallest absolute Gasteiger partial charge is 0.319 e. The summed E-state index contributed by atoms with van der Waals surface area (Å²) in [5, 5.41) is 5.92. The predicted molar refractivity (Wildman–Crippen MR) is 84.9 cm³/mol. The van der Waals surface area contributed by atoms with Crippen molar-refractivity contribution in [2.75, 3.05) is 18.5 Å². The van der Waals surface area contributed by atoms with E-state index in [1.165, 1.54) is 5.56 Å². The van der Waals surface area contributed by atoms with Gasteiger partial charge in [-0.05, 0) is 37.0 Å². The molecule has 1 aliphatic carbocycles. The number of carbonyl (C=O) groups excluding carboxylic acids is 1. The third-order valence-electron chi connectivity index (χ3n) is 4.44. The van der Waals surface area contributed by atoms with Crippen molar-refractivity contribution in [2.24, 2.45) is 0 Å². The molecule has 0 aromatic heterocycles. The molecule has 0 bridgehead atoms. The van der Waals surface area contributed by atoms with E-state index in [4.69, 9.17) is 9.47 Å². The fraction of sp³-hybridized carbons (Fsp3) is 0.588. The summed E-state index contributed by atoms with van der Waals surface area (Å²) >= 11 is 0. The lowest BCUT2D eigenvalue weighted by Crippen LogP contribution is -2.47. The van der Waals surface area contributed by atoms with E-state index < -0.39 is 5.79 Å². The van der Waals surface area contributed by atoms with Crippen LogP contribution in [0.25, 0.3) is 0 Å². The number of hydrogen-bond donors (Lipinski definition) is 2. The van der Waals surface area contributed by atoms with Crippen LogP contribution in [0.3, 0.4) is 0 Å². The zero-order valence-electron chi connectivity index (χ0n) is 13.1. The number of urea groups is 1. The van der Waals surface area contributed by atoms with Gasteiger partial charge in [-0.2, -0.15) is 0 Å². The number of rotatable bonds is 3. The SMILES string of the molecule is CCc1ccc(NC(=O)N[C@H]2CCCC3(C2)OCCO3)cc1. The summed E-state index contributed by atoms with van der Waals surface area (Å²) in [6.45, 7) is 3.42. The lowest BCUT2D eigenvalue weighted by atomic mass is 9.90. The van der Waals surface area contributed by atoms with E-state index in [0.29, 0.717) is 13.2 Å². The minimum Gasteiger partial charge on any atom is -0.347 e. The van der Waals surface area contributed by atoms with Gasteiger partial charge in [-0.1, -0.05) is 19.1 Å².